The highest BCUT2D eigenvalue weighted by Crippen LogP contribution is 2.17. The van der Waals surface area contributed by atoms with E-state index in [9.17, 15) is 9.59 Å². The largest absolute Gasteiger partial charge is 0.326 e. The maximum absolute atomic E-state index is 12.4. The van der Waals surface area contributed by atoms with Crippen molar-refractivity contribution in [2.45, 2.75) is 13.8 Å². The Morgan fingerprint density at radius 2 is 1.80 bits per heavy atom. The van der Waals surface area contributed by atoms with E-state index in [0.29, 0.717) is 22.7 Å². The zero-order chi connectivity index (χ0) is 14.5. The summed E-state index contributed by atoms with van der Waals surface area (Å²) in [5.74, 6) is 0.186. The van der Waals surface area contributed by atoms with E-state index in [-0.39, 0.29) is 11.7 Å². The minimum Gasteiger partial charge on any atom is -0.326 e. The van der Waals surface area contributed by atoms with Crippen LogP contribution in [0.2, 0.25) is 0 Å². The molecule has 3 heteroatoms. The van der Waals surface area contributed by atoms with Gasteiger partial charge >= 0.3 is 0 Å². The predicted octanol–water partition coefficient (Wildman–Crippen LogP) is 3.52. The summed E-state index contributed by atoms with van der Waals surface area (Å²) in [4.78, 5) is 23.3. The number of rotatable bonds is 3. The van der Waals surface area contributed by atoms with E-state index in [2.05, 4.69) is 12.2 Å². The van der Waals surface area contributed by atoms with Crippen LogP contribution in [0.15, 0.2) is 60.2 Å². The van der Waals surface area contributed by atoms with Crippen LogP contribution in [0.5, 0.6) is 0 Å². The van der Waals surface area contributed by atoms with E-state index in [1.165, 1.54) is 6.92 Å². The number of nitrogens with one attached hydrogen (secondary N) is 1. The number of allylic oxidation sites excluding steroid dienone is 6. The molecule has 0 bridgehead atoms. The molecule has 1 aromatic rings. The molecule has 1 aromatic carbocycles. The van der Waals surface area contributed by atoms with Crippen LogP contribution < -0.4 is 5.32 Å². The van der Waals surface area contributed by atoms with E-state index >= 15 is 0 Å². The number of ketones is 1. The van der Waals surface area contributed by atoms with Crippen LogP contribution in [0.4, 0.5) is 5.69 Å². The molecule has 0 saturated heterocycles. The first-order valence-electron chi connectivity index (χ1n) is 6.55. The molecule has 102 valence electrons. The van der Waals surface area contributed by atoms with Gasteiger partial charge in [-0.05, 0) is 30.2 Å². The van der Waals surface area contributed by atoms with Gasteiger partial charge in [-0.3, -0.25) is 9.59 Å². The number of benzene rings is 1. The second kappa shape index (κ2) is 6.15. The number of carbonyl (C=O) groups is 2. The van der Waals surface area contributed by atoms with E-state index in [1.807, 2.05) is 30.4 Å². The smallest absolute Gasteiger partial charge is 0.221 e. The molecule has 0 fully saturated rings. The summed E-state index contributed by atoms with van der Waals surface area (Å²) in [5, 5.41) is 2.68. The molecule has 1 amide bonds. The van der Waals surface area contributed by atoms with Crippen molar-refractivity contribution >= 4 is 17.4 Å². The van der Waals surface area contributed by atoms with Crippen molar-refractivity contribution in [3.05, 3.63) is 65.8 Å². The van der Waals surface area contributed by atoms with Crippen LogP contribution in [-0.4, -0.2) is 11.7 Å². The summed E-state index contributed by atoms with van der Waals surface area (Å²) in [6.07, 6.45) is 9.62. The normalized spacial score (nSPS) is 17.3. The molecule has 0 radical (unpaired) electrons. The number of anilines is 1. The average molecular weight is 267 g/mol. The molecule has 0 aromatic heterocycles. The second-order valence-electron chi connectivity index (χ2n) is 4.81. The Bertz CT molecular complexity index is 606. The van der Waals surface area contributed by atoms with Gasteiger partial charge in [-0.2, -0.15) is 0 Å². The van der Waals surface area contributed by atoms with Crippen LogP contribution in [0.3, 0.4) is 0 Å². The molecular formula is C17H17NO2. The standard InChI is InChI=1S/C17H17NO2/c1-12-4-3-5-14(7-6-12)17(20)15-8-10-16(11-9-15)18-13(2)19/h3-12H,1-2H3,(H,18,19). The first-order chi connectivity index (χ1) is 9.56. The van der Waals surface area contributed by atoms with E-state index in [0.717, 1.165) is 0 Å². The van der Waals surface area contributed by atoms with E-state index < -0.39 is 0 Å². The van der Waals surface area contributed by atoms with Crippen LogP contribution >= 0.6 is 0 Å². The van der Waals surface area contributed by atoms with Gasteiger partial charge in [0.1, 0.15) is 0 Å². The highest BCUT2D eigenvalue weighted by atomic mass is 16.1. The Labute approximate surface area is 118 Å². The quantitative estimate of drug-likeness (QED) is 0.852. The first-order valence-corrected chi connectivity index (χ1v) is 6.55. The van der Waals surface area contributed by atoms with Gasteiger partial charge < -0.3 is 5.32 Å². The third-order valence-electron chi connectivity index (χ3n) is 3.00. The highest BCUT2D eigenvalue weighted by Gasteiger charge is 2.10. The second-order valence-corrected chi connectivity index (χ2v) is 4.81. The maximum Gasteiger partial charge on any atom is 0.221 e. The van der Waals surface area contributed by atoms with Crippen LogP contribution in [-0.2, 0) is 4.79 Å². The monoisotopic (exact) mass is 267 g/mol. The molecule has 0 saturated carbocycles. The fraction of sp³-hybridized carbons (Fsp3) is 0.176. The molecule has 1 aliphatic carbocycles. The molecule has 0 spiro atoms. The van der Waals surface area contributed by atoms with Crippen molar-refractivity contribution in [1.29, 1.82) is 0 Å². The Kier molecular flexibility index (Phi) is 4.31. The van der Waals surface area contributed by atoms with Gasteiger partial charge in [0.05, 0.1) is 0 Å². The fourth-order valence-electron chi connectivity index (χ4n) is 1.94. The number of hydrogen-bond acceptors (Lipinski definition) is 2. The van der Waals surface area contributed by atoms with Crippen LogP contribution in [0, 0.1) is 5.92 Å². The van der Waals surface area contributed by atoms with E-state index in [1.54, 1.807) is 24.3 Å². The van der Waals surface area contributed by atoms with Crippen LogP contribution in [0.1, 0.15) is 24.2 Å². The lowest BCUT2D eigenvalue weighted by Gasteiger charge is -2.04. The summed E-state index contributed by atoms with van der Waals surface area (Å²) >= 11 is 0. The number of amides is 1. The van der Waals surface area contributed by atoms with E-state index in [4.69, 9.17) is 0 Å². The van der Waals surface area contributed by atoms with Crippen molar-refractivity contribution in [2.75, 3.05) is 5.32 Å². The molecule has 0 heterocycles. The topological polar surface area (TPSA) is 46.2 Å². The molecule has 20 heavy (non-hydrogen) atoms. The van der Waals surface area contributed by atoms with Crippen LogP contribution in [0.25, 0.3) is 0 Å². The van der Waals surface area contributed by atoms with Crippen molar-refractivity contribution in [3.63, 3.8) is 0 Å². The maximum atomic E-state index is 12.4. The predicted molar refractivity (Wildman–Crippen MR) is 80.6 cm³/mol. The third kappa shape index (κ3) is 3.54. The first kappa shape index (κ1) is 14.0. The van der Waals surface area contributed by atoms with Crippen molar-refractivity contribution in [3.8, 4) is 0 Å². The molecule has 1 unspecified atom stereocenters. The zero-order valence-corrected chi connectivity index (χ0v) is 11.6. The zero-order valence-electron chi connectivity index (χ0n) is 11.6. The van der Waals surface area contributed by atoms with Gasteiger partial charge in [-0.1, -0.05) is 37.3 Å². The minimum atomic E-state index is -0.127. The lowest BCUT2D eigenvalue weighted by atomic mass is 10.0. The lowest BCUT2D eigenvalue weighted by molar-refractivity contribution is -0.114. The molecule has 0 aliphatic heterocycles. The Morgan fingerprint density at radius 3 is 2.45 bits per heavy atom. The molecule has 2 rings (SSSR count). The van der Waals surface area contributed by atoms with Gasteiger partial charge in [0.2, 0.25) is 5.91 Å². The number of Topliss-reactive ketones (excluding diaryl/α,β-unsaturated/α-hetero) is 1. The van der Waals surface area contributed by atoms with Crippen molar-refractivity contribution < 1.29 is 9.59 Å². The Hall–Kier alpha value is -2.42. The summed E-state index contributed by atoms with van der Waals surface area (Å²) in [5.41, 5.74) is 1.96. The summed E-state index contributed by atoms with van der Waals surface area (Å²) in [6, 6.07) is 6.91. The summed E-state index contributed by atoms with van der Waals surface area (Å²) < 4.78 is 0. The van der Waals surface area contributed by atoms with Gasteiger partial charge in [0.25, 0.3) is 0 Å². The highest BCUT2D eigenvalue weighted by molar-refractivity contribution is 6.11. The van der Waals surface area contributed by atoms with Crippen molar-refractivity contribution in [1.82, 2.24) is 0 Å². The summed E-state index contributed by atoms with van der Waals surface area (Å²) in [7, 11) is 0. The number of carbonyl (C=O) groups excluding carboxylic acids is 2. The average Bonchev–Trinajstić information content (AvgIpc) is 2.63. The van der Waals surface area contributed by atoms with Gasteiger partial charge in [-0.25, -0.2) is 0 Å². The number of hydrogen-bond donors (Lipinski definition) is 1. The third-order valence-corrected chi connectivity index (χ3v) is 3.00. The molecular weight excluding hydrogens is 250 g/mol. The van der Waals surface area contributed by atoms with Crippen molar-refractivity contribution in [2.24, 2.45) is 5.92 Å². The molecule has 1 atom stereocenters. The van der Waals surface area contributed by atoms with Gasteiger partial charge in [-0.15, -0.1) is 0 Å². The fourth-order valence-corrected chi connectivity index (χ4v) is 1.94. The van der Waals surface area contributed by atoms with Gasteiger partial charge in [0.15, 0.2) is 5.78 Å². The summed E-state index contributed by atoms with van der Waals surface area (Å²) in [6.45, 7) is 3.52. The van der Waals surface area contributed by atoms with Gasteiger partial charge in [0, 0.05) is 23.7 Å². The Balaban J connectivity index is 2.17. The SMILES string of the molecule is CC(=O)Nc1ccc(C(=O)C2=CC=CC(C)C=C2)cc1. The lowest BCUT2D eigenvalue weighted by Crippen LogP contribution is -2.06. The Morgan fingerprint density at radius 1 is 1.10 bits per heavy atom. The minimum absolute atomic E-state index is 0.0191. The molecule has 1 aliphatic rings. The molecule has 3 nitrogen and oxygen atoms in total. The molecule has 1 N–H and O–H groups in total.